The largest absolute Gasteiger partial charge is 0.351 e. The van der Waals surface area contributed by atoms with Crippen molar-refractivity contribution in [1.29, 1.82) is 0 Å². The Hall–Kier alpha value is -2.43. The van der Waals surface area contributed by atoms with Crippen LogP contribution in [0.25, 0.3) is 0 Å². The lowest BCUT2D eigenvalue weighted by Gasteiger charge is -2.23. The SMILES string of the molecule is CCCNC(=O)c1cc(C)nc(N2c3ccccc3CC2C)n1. The summed E-state index contributed by atoms with van der Waals surface area (Å²) < 4.78 is 0. The first-order valence-corrected chi connectivity index (χ1v) is 8.11. The van der Waals surface area contributed by atoms with Gasteiger partial charge in [-0.1, -0.05) is 25.1 Å². The molecule has 0 spiro atoms. The third-order valence-electron chi connectivity index (χ3n) is 4.03. The maximum absolute atomic E-state index is 12.2. The summed E-state index contributed by atoms with van der Waals surface area (Å²) in [6, 6.07) is 10.3. The number of fused-ring (bicyclic) bond motifs is 1. The minimum atomic E-state index is -0.140. The lowest BCUT2D eigenvalue weighted by atomic mass is 10.1. The third-order valence-corrected chi connectivity index (χ3v) is 4.03. The Bertz CT molecular complexity index is 729. The van der Waals surface area contributed by atoms with Crippen LogP contribution in [0.5, 0.6) is 0 Å². The second-order valence-corrected chi connectivity index (χ2v) is 6.00. The van der Waals surface area contributed by atoms with Gasteiger partial charge < -0.3 is 10.2 Å². The maximum Gasteiger partial charge on any atom is 0.270 e. The molecule has 5 heteroatoms. The van der Waals surface area contributed by atoms with Crippen molar-refractivity contribution < 1.29 is 4.79 Å². The summed E-state index contributed by atoms with van der Waals surface area (Å²) in [5.74, 6) is 0.461. The Morgan fingerprint density at radius 3 is 2.91 bits per heavy atom. The quantitative estimate of drug-likeness (QED) is 0.943. The van der Waals surface area contributed by atoms with Gasteiger partial charge in [0.1, 0.15) is 5.69 Å². The van der Waals surface area contributed by atoms with Crippen LogP contribution in [0.4, 0.5) is 11.6 Å². The molecule has 1 N–H and O–H groups in total. The van der Waals surface area contributed by atoms with Crippen molar-refractivity contribution >= 4 is 17.5 Å². The van der Waals surface area contributed by atoms with E-state index in [0.717, 1.165) is 24.2 Å². The van der Waals surface area contributed by atoms with Gasteiger partial charge in [0, 0.05) is 24.0 Å². The number of nitrogens with zero attached hydrogens (tertiary/aromatic N) is 3. The average molecular weight is 310 g/mol. The predicted octanol–water partition coefficient (Wildman–Crippen LogP) is 3.01. The van der Waals surface area contributed by atoms with Gasteiger partial charge in [0.15, 0.2) is 0 Å². The minimum Gasteiger partial charge on any atom is -0.351 e. The molecule has 2 heterocycles. The highest BCUT2D eigenvalue weighted by atomic mass is 16.1. The normalized spacial score (nSPS) is 16.3. The standard InChI is InChI=1S/C18H22N4O/c1-4-9-19-17(23)15-10-12(2)20-18(21-15)22-13(3)11-14-7-5-6-8-16(14)22/h5-8,10,13H,4,9,11H2,1-3H3,(H,19,23). The second kappa shape index (κ2) is 6.36. The number of hydrogen-bond acceptors (Lipinski definition) is 4. The van der Waals surface area contributed by atoms with Crippen molar-refractivity contribution in [1.82, 2.24) is 15.3 Å². The second-order valence-electron chi connectivity index (χ2n) is 6.00. The van der Waals surface area contributed by atoms with Crippen molar-refractivity contribution in [3.63, 3.8) is 0 Å². The summed E-state index contributed by atoms with van der Waals surface area (Å²) in [4.78, 5) is 23.4. The number of aryl methyl sites for hydroxylation is 1. The molecular weight excluding hydrogens is 288 g/mol. The molecule has 23 heavy (non-hydrogen) atoms. The summed E-state index contributed by atoms with van der Waals surface area (Å²) >= 11 is 0. The number of anilines is 2. The van der Waals surface area contributed by atoms with E-state index in [9.17, 15) is 4.79 Å². The van der Waals surface area contributed by atoms with E-state index in [0.29, 0.717) is 18.2 Å². The Morgan fingerprint density at radius 1 is 1.35 bits per heavy atom. The smallest absolute Gasteiger partial charge is 0.270 e. The van der Waals surface area contributed by atoms with Crippen LogP contribution in [0.3, 0.4) is 0 Å². The number of aromatic nitrogens is 2. The molecule has 0 aliphatic carbocycles. The van der Waals surface area contributed by atoms with E-state index in [-0.39, 0.29) is 11.9 Å². The van der Waals surface area contributed by atoms with E-state index >= 15 is 0 Å². The lowest BCUT2D eigenvalue weighted by Crippen LogP contribution is -2.29. The molecule has 1 aromatic carbocycles. The first-order valence-electron chi connectivity index (χ1n) is 8.11. The number of para-hydroxylation sites is 1. The van der Waals surface area contributed by atoms with Gasteiger partial charge >= 0.3 is 0 Å². The van der Waals surface area contributed by atoms with Gasteiger partial charge in [-0.3, -0.25) is 4.79 Å². The average Bonchev–Trinajstić information content (AvgIpc) is 2.87. The highest BCUT2D eigenvalue weighted by molar-refractivity contribution is 5.92. The van der Waals surface area contributed by atoms with Crippen LogP contribution in [0, 0.1) is 6.92 Å². The third kappa shape index (κ3) is 3.04. The fraction of sp³-hybridized carbons (Fsp3) is 0.389. The molecule has 1 aromatic heterocycles. The van der Waals surface area contributed by atoms with Crippen molar-refractivity contribution in [2.24, 2.45) is 0 Å². The van der Waals surface area contributed by atoms with Crippen LogP contribution in [0.2, 0.25) is 0 Å². The first-order chi connectivity index (χ1) is 11.1. The van der Waals surface area contributed by atoms with Crippen molar-refractivity contribution in [2.75, 3.05) is 11.4 Å². The van der Waals surface area contributed by atoms with Gasteiger partial charge in [-0.05, 0) is 44.4 Å². The van der Waals surface area contributed by atoms with Gasteiger partial charge in [-0.15, -0.1) is 0 Å². The van der Waals surface area contributed by atoms with Crippen molar-refractivity contribution in [3.05, 3.63) is 47.3 Å². The summed E-state index contributed by atoms with van der Waals surface area (Å²) in [6.07, 6.45) is 1.87. The molecule has 2 aromatic rings. The summed E-state index contributed by atoms with van der Waals surface area (Å²) in [7, 11) is 0. The maximum atomic E-state index is 12.2. The molecule has 1 amide bonds. The van der Waals surface area contributed by atoms with Crippen LogP contribution in [-0.2, 0) is 6.42 Å². The monoisotopic (exact) mass is 310 g/mol. The predicted molar refractivity (Wildman–Crippen MR) is 91.1 cm³/mol. The van der Waals surface area contributed by atoms with Crippen LogP contribution < -0.4 is 10.2 Å². The molecule has 1 aliphatic rings. The topological polar surface area (TPSA) is 58.1 Å². The molecule has 0 saturated carbocycles. The van der Waals surface area contributed by atoms with E-state index < -0.39 is 0 Å². The van der Waals surface area contributed by atoms with Gasteiger partial charge in [-0.2, -0.15) is 0 Å². The van der Waals surface area contributed by atoms with E-state index in [1.165, 1.54) is 5.56 Å². The van der Waals surface area contributed by atoms with Crippen LogP contribution in [-0.4, -0.2) is 28.5 Å². The highest BCUT2D eigenvalue weighted by Gasteiger charge is 2.29. The fourth-order valence-electron chi connectivity index (χ4n) is 2.98. The molecule has 1 unspecified atom stereocenters. The van der Waals surface area contributed by atoms with Crippen molar-refractivity contribution in [3.8, 4) is 0 Å². The van der Waals surface area contributed by atoms with E-state index in [1.807, 2.05) is 19.9 Å². The molecule has 0 fully saturated rings. The molecule has 0 radical (unpaired) electrons. The summed E-state index contributed by atoms with van der Waals surface area (Å²) in [5.41, 5.74) is 3.65. The van der Waals surface area contributed by atoms with Crippen molar-refractivity contribution in [2.45, 2.75) is 39.7 Å². The van der Waals surface area contributed by atoms with Gasteiger partial charge in [0.2, 0.25) is 5.95 Å². The number of benzene rings is 1. The minimum absolute atomic E-state index is 0.140. The lowest BCUT2D eigenvalue weighted by molar-refractivity contribution is 0.0948. The first kappa shape index (κ1) is 15.5. The highest BCUT2D eigenvalue weighted by Crippen LogP contribution is 2.36. The fourth-order valence-corrected chi connectivity index (χ4v) is 2.98. The van der Waals surface area contributed by atoms with Gasteiger partial charge in [0.05, 0.1) is 0 Å². The number of carbonyl (C=O) groups is 1. The number of hydrogen-bond donors (Lipinski definition) is 1. The number of rotatable bonds is 4. The molecule has 5 nitrogen and oxygen atoms in total. The van der Waals surface area contributed by atoms with Crippen LogP contribution in [0.1, 0.15) is 42.0 Å². The Balaban J connectivity index is 1.97. The Labute approximate surface area is 136 Å². The van der Waals surface area contributed by atoms with E-state index in [2.05, 4.69) is 45.3 Å². The summed E-state index contributed by atoms with van der Waals surface area (Å²) in [5, 5.41) is 2.88. The van der Waals surface area contributed by atoms with Crippen LogP contribution in [0.15, 0.2) is 30.3 Å². The number of nitrogens with one attached hydrogen (secondary N) is 1. The molecule has 0 saturated heterocycles. The zero-order valence-corrected chi connectivity index (χ0v) is 13.8. The Kier molecular flexibility index (Phi) is 4.28. The van der Waals surface area contributed by atoms with E-state index in [1.54, 1.807) is 6.07 Å². The Morgan fingerprint density at radius 2 is 2.13 bits per heavy atom. The molecule has 120 valence electrons. The molecule has 1 aliphatic heterocycles. The van der Waals surface area contributed by atoms with Gasteiger partial charge in [-0.25, -0.2) is 9.97 Å². The molecule has 3 rings (SSSR count). The molecular formula is C18H22N4O. The number of carbonyl (C=O) groups excluding carboxylic acids is 1. The van der Waals surface area contributed by atoms with Crippen LogP contribution >= 0.6 is 0 Å². The van der Waals surface area contributed by atoms with Gasteiger partial charge in [0.25, 0.3) is 5.91 Å². The van der Waals surface area contributed by atoms with E-state index in [4.69, 9.17) is 0 Å². The number of amides is 1. The summed E-state index contributed by atoms with van der Waals surface area (Å²) in [6.45, 7) is 6.73. The molecule has 0 bridgehead atoms. The zero-order chi connectivity index (χ0) is 16.4. The zero-order valence-electron chi connectivity index (χ0n) is 13.8. The molecule has 1 atom stereocenters.